The molecule has 3 aromatic rings. The molecular formula is C23H20F4N2O4S. The quantitative estimate of drug-likeness (QED) is 0.407. The van der Waals surface area contributed by atoms with E-state index in [2.05, 4.69) is 10.0 Å². The summed E-state index contributed by atoms with van der Waals surface area (Å²) in [6, 6.07) is 14.4. The zero-order valence-corrected chi connectivity index (χ0v) is 18.6. The van der Waals surface area contributed by atoms with Crippen molar-refractivity contribution in [2.45, 2.75) is 30.5 Å². The molecule has 0 fully saturated rings. The van der Waals surface area contributed by atoms with Gasteiger partial charge < -0.3 is 10.1 Å². The number of nitrogens with one attached hydrogen (secondary N) is 2. The van der Waals surface area contributed by atoms with Gasteiger partial charge in [0.1, 0.15) is 0 Å². The number of alkyl halides is 3. The molecule has 6 nitrogen and oxygen atoms in total. The molecule has 3 aromatic carbocycles. The second-order valence-electron chi connectivity index (χ2n) is 7.14. The third kappa shape index (κ3) is 6.25. The van der Waals surface area contributed by atoms with E-state index in [0.717, 1.165) is 12.1 Å². The van der Waals surface area contributed by atoms with Crippen LogP contribution >= 0.6 is 0 Å². The predicted molar refractivity (Wildman–Crippen MR) is 118 cm³/mol. The molecule has 0 aliphatic rings. The molecule has 0 radical (unpaired) electrons. The summed E-state index contributed by atoms with van der Waals surface area (Å²) in [6.07, 6.45) is -5.37. The lowest BCUT2D eigenvalue weighted by molar-refractivity contribution is -0.137. The van der Waals surface area contributed by atoms with Crippen LogP contribution in [0.4, 0.5) is 28.9 Å². The monoisotopic (exact) mass is 496 g/mol. The van der Waals surface area contributed by atoms with Crippen molar-refractivity contribution >= 4 is 27.3 Å². The van der Waals surface area contributed by atoms with E-state index >= 15 is 0 Å². The SMILES string of the molecule is CC[C@@H](Oc1ccccc1F)C(=O)Nc1ccc(S(=O)(=O)Nc2cccc(C(F)(F)F)c2)cc1. The Kier molecular flexibility index (Phi) is 7.45. The number of carbonyl (C=O) groups is 1. The van der Waals surface area contributed by atoms with Crippen LogP contribution in [0.5, 0.6) is 5.75 Å². The summed E-state index contributed by atoms with van der Waals surface area (Å²) in [6.45, 7) is 1.68. The number of anilines is 2. The number of benzene rings is 3. The van der Waals surface area contributed by atoms with Crippen molar-refractivity contribution in [2.75, 3.05) is 10.0 Å². The Balaban J connectivity index is 1.69. The van der Waals surface area contributed by atoms with Crippen molar-refractivity contribution in [1.82, 2.24) is 0 Å². The highest BCUT2D eigenvalue weighted by Crippen LogP contribution is 2.31. The summed E-state index contributed by atoms with van der Waals surface area (Å²) >= 11 is 0. The number of sulfonamides is 1. The second-order valence-corrected chi connectivity index (χ2v) is 8.83. The summed E-state index contributed by atoms with van der Waals surface area (Å²) in [7, 11) is -4.18. The molecule has 34 heavy (non-hydrogen) atoms. The van der Waals surface area contributed by atoms with Crippen molar-refractivity contribution < 1.29 is 35.5 Å². The standard InChI is InChI=1S/C23H20F4N2O4S/c1-2-20(33-21-9-4-3-8-19(21)24)22(30)28-16-10-12-18(13-11-16)34(31,32)29-17-7-5-6-15(14-17)23(25,26)27/h3-14,20,29H,2H2,1H3,(H,28,30)/t20-/m1/s1. The lowest BCUT2D eigenvalue weighted by atomic mass is 10.2. The molecule has 180 valence electrons. The van der Waals surface area contributed by atoms with Gasteiger partial charge >= 0.3 is 6.18 Å². The zero-order chi connectivity index (χ0) is 24.9. The summed E-state index contributed by atoms with van der Waals surface area (Å²) in [4.78, 5) is 12.3. The van der Waals surface area contributed by atoms with Gasteiger partial charge in [-0.2, -0.15) is 13.2 Å². The summed E-state index contributed by atoms with van der Waals surface area (Å²) in [5.74, 6) is -1.26. The van der Waals surface area contributed by atoms with Crippen LogP contribution in [0.15, 0.2) is 77.7 Å². The van der Waals surface area contributed by atoms with Crippen LogP contribution in [0.3, 0.4) is 0 Å². The molecule has 0 unspecified atom stereocenters. The van der Waals surface area contributed by atoms with Crippen LogP contribution in [0, 0.1) is 5.82 Å². The molecular weight excluding hydrogens is 476 g/mol. The highest BCUT2D eigenvalue weighted by atomic mass is 32.2. The van der Waals surface area contributed by atoms with Gasteiger partial charge in [-0.3, -0.25) is 9.52 Å². The van der Waals surface area contributed by atoms with Crippen LogP contribution in [-0.2, 0) is 21.0 Å². The molecule has 0 saturated heterocycles. The average Bonchev–Trinajstić information content (AvgIpc) is 2.78. The molecule has 0 spiro atoms. The number of carbonyl (C=O) groups excluding carboxylic acids is 1. The van der Waals surface area contributed by atoms with E-state index in [1.54, 1.807) is 13.0 Å². The van der Waals surface area contributed by atoms with Gasteiger partial charge in [0.25, 0.3) is 15.9 Å². The van der Waals surface area contributed by atoms with Gasteiger partial charge in [0.2, 0.25) is 0 Å². The minimum absolute atomic E-state index is 0.0772. The van der Waals surface area contributed by atoms with Crippen molar-refractivity contribution in [3.8, 4) is 5.75 Å². The number of halogens is 4. The molecule has 0 aromatic heterocycles. The van der Waals surface area contributed by atoms with Crippen molar-refractivity contribution in [3.63, 3.8) is 0 Å². The Morgan fingerprint density at radius 2 is 1.65 bits per heavy atom. The van der Waals surface area contributed by atoms with Crippen LogP contribution in [-0.4, -0.2) is 20.4 Å². The van der Waals surface area contributed by atoms with E-state index in [4.69, 9.17) is 4.74 Å². The molecule has 2 N–H and O–H groups in total. The third-order valence-corrected chi connectivity index (χ3v) is 6.04. The predicted octanol–water partition coefficient (Wildman–Crippen LogP) is 5.44. The molecule has 0 aliphatic carbocycles. The fourth-order valence-electron chi connectivity index (χ4n) is 2.93. The largest absolute Gasteiger partial charge is 0.478 e. The van der Waals surface area contributed by atoms with Gasteiger partial charge in [-0.25, -0.2) is 12.8 Å². The maximum atomic E-state index is 13.8. The van der Waals surface area contributed by atoms with E-state index in [1.165, 1.54) is 48.5 Å². The number of para-hydroxylation sites is 1. The first-order valence-corrected chi connectivity index (χ1v) is 11.5. The highest BCUT2D eigenvalue weighted by molar-refractivity contribution is 7.92. The normalized spacial score (nSPS) is 12.6. The molecule has 0 saturated carbocycles. The average molecular weight is 496 g/mol. The van der Waals surface area contributed by atoms with Crippen molar-refractivity contribution in [1.29, 1.82) is 0 Å². The Hall–Kier alpha value is -3.60. The summed E-state index contributed by atoms with van der Waals surface area (Å²) in [5, 5.41) is 2.56. The van der Waals surface area contributed by atoms with E-state index in [9.17, 15) is 30.8 Å². The smallest absolute Gasteiger partial charge is 0.416 e. The van der Waals surface area contributed by atoms with Crippen LogP contribution < -0.4 is 14.8 Å². The Morgan fingerprint density at radius 3 is 2.26 bits per heavy atom. The van der Waals surface area contributed by atoms with Crippen LogP contribution in [0.2, 0.25) is 0 Å². The first-order valence-electron chi connectivity index (χ1n) is 10.0. The lowest BCUT2D eigenvalue weighted by Gasteiger charge is -2.18. The Bertz CT molecular complexity index is 1260. The first-order chi connectivity index (χ1) is 16.0. The Morgan fingerprint density at radius 1 is 0.971 bits per heavy atom. The number of ether oxygens (including phenoxy) is 1. The van der Waals surface area contributed by atoms with E-state index in [1.807, 2.05) is 0 Å². The summed E-state index contributed by atoms with van der Waals surface area (Å²) in [5.41, 5.74) is -0.990. The number of rotatable bonds is 8. The first kappa shape index (κ1) is 25.0. The maximum absolute atomic E-state index is 13.8. The maximum Gasteiger partial charge on any atom is 0.416 e. The highest BCUT2D eigenvalue weighted by Gasteiger charge is 2.30. The molecule has 11 heteroatoms. The van der Waals surface area contributed by atoms with Gasteiger partial charge in [-0.1, -0.05) is 25.1 Å². The summed E-state index contributed by atoms with van der Waals surface area (Å²) < 4.78 is 85.0. The molecule has 1 amide bonds. The minimum atomic E-state index is -4.62. The topological polar surface area (TPSA) is 84.5 Å². The minimum Gasteiger partial charge on any atom is -0.478 e. The molecule has 0 bridgehead atoms. The van der Waals surface area contributed by atoms with E-state index < -0.39 is 39.6 Å². The van der Waals surface area contributed by atoms with Crippen LogP contribution in [0.1, 0.15) is 18.9 Å². The number of hydrogen-bond donors (Lipinski definition) is 2. The second kappa shape index (κ2) is 10.1. The fourth-order valence-corrected chi connectivity index (χ4v) is 3.98. The van der Waals surface area contributed by atoms with Crippen molar-refractivity contribution in [3.05, 3.63) is 84.2 Å². The van der Waals surface area contributed by atoms with Gasteiger partial charge in [0, 0.05) is 11.4 Å². The third-order valence-electron chi connectivity index (χ3n) is 4.64. The van der Waals surface area contributed by atoms with Crippen molar-refractivity contribution in [2.24, 2.45) is 0 Å². The molecule has 1 atom stereocenters. The molecule has 3 rings (SSSR count). The zero-order valence-electron chi connectivity index (χ0n) is 17.8. The van der Waals surface area contributed by atoms with Gasteiger partial charge in [-0.05, 0) is 61.0 Å². The van der Waals surface area contributed by atoms with Crippen LogP contribution in [0.25, 0.3) is 0 Å². The lowest BCUT2D eigenvalue weighted by Crippen LogP contribution is -2.32. The van der Waals surface area contributed by atoms with Gasteiger partial charge in [0.15, 0.2) is 17.7 Å². The fraction of sp³-hybridized carbons (Fsp3) is 0.174. The van der Waals surface area contributed by atoms with Gasteiger partial charge in [0.05, 0.1) is 10.5 Å². The van der Waals surface area contributed by atoms with E-state index in [0.29, 0.717) is 6.07 Å². The molecule has 0 aliphatic heterocycles. The molecule has 0 heterocycles. The van der Waals surface area contributed by atoms with E-state index in [-0.39, 0.29) is 28.4 Å². The van der Waals surface area contributed by atoms with Gasteiger partial charge in [-0.15, -0.1) is 0 Å². The Labute approximate surface area is 193 Å². The number of hydrogen-bond acceptors (Lipinski definition) is 4. The number of amides is 1.